The van der Waals surface area contributed by atoms with Crippen molar-refractivity contribution in [2.24, 2.45) is 5.41 Å². The second-order valence-electron chi connectivity index (χ2n) is 13.4. The van der Waals surface area contributed by atoms with Gasteiger partial charge in [0.1, 0.15) is 23.9 Å². The number of aromatic nitrogens is 3. The highest BCUT2D eigenvalue weighted by Crippen LogP contribution is 2.44. The normalized spacial score (nSPS) is 16.9. The summed E-state index contributed by atoms with van der Waals surface area (Å²) in [6.45, 7) is 15.1. The lowest BCUT2D eigenvalue weighted by molar-refractivity contribution is -0.127. The third-order valence-electron chi connectivity index (χ3n) is 10.0. The van der Waals surface area contributed by atoms with Crippen LogP contribution in [0.5, 0.6) is 0 Å². The van der Waals surface area contributed by atoms with Crippen molar-refractivity contribution in [3.63, 3.8) is 0 Å². The van der Waals surface area contributed by atoms with Crippen LogP contribution >= 0.6 is 0 Å². The van der Waals surface area contributed by atoms with Crippen LogP contribution < -0.4 is 4.90 Å². The molecular formula is C36H44F3N7. The van der Waals surface area contributed by atoms with Crippen LogP contribution in [0.3, 0.4) is 0 Å². The molecule has 0 bridgehead atoms. The maximum Gasteiger partial charge on any atom is 0.393 e. The van der Waals surface area contributed by atoms with E-state index in [0.717, 1.165) is 102 Å². The molecule has 4 heterocycles. The van der Waals surface area contributed by atoms with E-state index in [0.29, 0.717) is 10.9 Å². The molecule has 2 saturated heterocycles. The number of rotatable bonds is 11. The minimum atomic E-state index is -4.25. The summed E-state index contributed by atoms with van der Waals surface area (Å²) in [6.07, 6.45) is 0.717. The molecule has 10 heteroatoms. The van der Waals surface area contributed by atoms with Crippen molar-refractivity contribution in [1.29, 1.82) is 5.26 Å². The van der Waals surface area contributed by atoms with Gasteiger partial charge in [-0.05, 0) is 99.7 Å². The van der Waals surface area contributed by atoms with Gasteiger partial charge < -0.3 is 14.4 Å². The van der Waals surface area contributed by atoms with Gasteiger partial charge in [-0.2, -0.15) is 18.4 Å². The number of benzene rings is 2. The van der Waals surface area contributed by atoms with E-state index in [-0.39, 0.29) is 11.0 Å². The Balaban J connectivity index is 1.09. The van der Waals surface area contributed by atoms with E-state index in [1.807, 2.05) is 0 Å². The quantitative estimate of drug-likeness (QED) is 0.176. The number of anilines is 1. The summed E-state index contributed by atoms with van der Waals surface area (Å²) in [5.74, 6) is 0.734. The first-order valence-electron chi connectivity index (χ1n) is 16.6. The van der Waals surface area contributed by atoms with Gasteiger partial charge in [0.2, 0.25) is 0 Å². The summed E-state index contributed by atoms with van der Waals surface area (Å²) in [7, 11) is 0. The molecule has 2 aliphatic heterocycles. The predicted octanol–water partition coefficient (Wildman–Crippen LogP) is 7.09. The molecule has 244 valence electrons. The highest BCUT2D eigenvalue weighted by atomic mass is 19.4. The van der Waals surface area contributed by atoms with Crippen molar-refractivity contribution in [2.45, 2.75) is 72.1 Å². The van der Waals surface area contributed by atoms with Crippen molar-refractivity contribution in [1.82, 2.24) is 24.3 Å². The van der Waals surface area contributed by atoms with Gasteiger partial charge in [0.15, 0.2) is 0 Å². The smallest absolute Gasteiger partial charge is 0.355 e. The Morgan fingerprint density at radius 3 is 2.37 bits per heavy atom. The molecule has 1 spiro atoms. The summed E-state index contributed by atoms with van der Waals surface area (Å²) in [5.41, 5.74) is 5.54. The Kier molecular flexibility index (Phi) is 9.26. The van der Waals surface area contributed by atoms with E-state index in [1.54, 1.807) is 12.1 Å². The number of hydrogen-bond donors (Lipinski definition) is 0. The van der Waals surface area contributed by atoms with Crippen LogP contribution in [0.4, 0.5) is 19.0 Å². The van der Waals surface area contributed by atoms with Gasteiger partial charge in [0, 0.05) is 54.4 Å². The Labute approximate surface area is 269 Å². The van der Waals surface area contributed by atoms with Gasteiger partial charge in [-0.15, -0.1) is 0 Å². The van der Waals surface area contributed by atoms with Crippen LogP contribution in [0.15, 0.2) is 42.7 Å². The topological polar surface area (TPSA) is 64.2 Å². The zero-order valence-corrected chi connectivity index (χ0v) is 27.2. The van der Waals surface area contributed by atoms with Gasteiger partial charge in [-0.25, -0.2) is 9.97 Å². The fourth-order valence-corrected chi connectivity index (χ4v) is 7.57. The molecule has 0 saturated carbocycles. The first kappa shape index (κ1) is 32.3. The number of aryl methyl sites for hydroxylation is 1. The molecule has 4 aromatic rings. The van der Waals surface area contributed by atoms with Crippen LogP contribution in [0, 0.1) is 23.7 Å². The maximum atomic E-state index is 13.0. The number of halogens is 3. The van der Waals surface area contributed by atoms with Gasteiger partial charge in [0.25, 0.3) is 0 Å². The van der Waals surface area contributed by atoms with Crippen molar-refractivity contribution in [3.8, 4) is 6.07 Å². The predicted molar refractivity (Wildman–Crippen MR) is 177 cm³/mol. The Morgan fingerprint density at radius 1 is 0.957 bits per heavy atom. The van der Waals surface area contributed by atoms with Gasteiger partial charge in [-0.1, -0.05) is 26.0 Å². The fourth-order valence-electron chi connectivity index (χ4n) is 7.57. The number of fused-ring (bicyclic) bond motifs is 2. The van der Waals surface area contributed by atoms with Crippen molar-refractivity contribution >= 4 is 27.6 Å². The average Bonchev–Trinajstić information content (AvgIpc) is 3.38. The van der Waals surface area contributed by atoms with Gasteiger partial charge >= 0.3 is 6.18 Å². The largest absolute Gasteiger partial charge is 0.393 e. The van der Waals surface area contributed by atoms with Gasteiger partial charge in [-0.3, -0.25) is 4.90 Å². The maximum absolute atomic E-state index is 13.0. The first-order chi connectivity index (χ1) is 22.1. The highest BCUT2D eigenvalue weighted by molar-refractivity contribution is 5.90. The number of alkyl halides is 3. The summed E-state index contributed by atoms with van der Waals surface area (Å²) < 4.78 is 41.3. The van der Waals surface area contributed by atoms with Crippen molar-refractivity contribution < 1.29 is 13.2 Å². The third-order valence-corrected chi connectivity index (χ3v) is 10.0. The molecule has 6 rings (SSSR count). The van der Waals surface area contributed by atoms with Crippen LogP contribution in [0.1, 0.15) is 61.9 Å². The Bertz CT molecular complexity index is 1720. The lowest BCUT2D eigenvalue weighted by atomic mass is 9.72. The molecule has 2 fully saturated rings. The highest BCUT2D eigenvalue weighted by Gasteiger charge is 2.45. The number of nitrogens with zero attached hydrogens (tertiary/aromatic N) is 7. The molecule has 0 aliphatic carbocycles. The lowest BCUT2D eigenvalue weighted by Gasteiger charge is -2.54. The van der Waals surface area contributed by atoms with E-state index < -0.39 is 12.6 Å². The lowest BCUT2D eigenvalue weighted by Crippen LogP contribution is -2.60. The summed E-state index contributed by atoms with van der Waals surface area (Å²) in [5, 5.41) is 11.8. The van der Waals surface area contributed by atoms with E-state index in [1.165, 1.54) is 28.9 Å². The summed E-state index contributed by atoms with van der Waals surface area (Å²) in [6, 6.07) is 13.7. The second kappa shape index (κ2) is 13.2. The molecule has 0 unspecified atom stereocenters. The number of likely N-dealkylation sites (tertiary alicyclic amines) is 1. The fraction of sp³-hybridized carbons (Fsp3) is 0.528. The van der Waals surface area contributed by atoms with Crippen LogP contribution in [-0.2, 0) is 19.5 Å². The van der Waals surface area contributed by atoms with E-state index in [2.05, 4.69) is 74.3 Å². The Morgan fingerprint density at radius 2 is 1.70 bits per heavy atom. The molecule has 0 radical (unpaired) electrons. The van der Waals surface area contributed by atoms with E-state index in [4.69, 9.17) is 0 Å². The molecule has 0 N–H and O–H groups in total. The second-order valence-corrected chi connectivity index (χ2v) is 13.4. The van der Waals surface area contributed by atoms with Gasteiger partial charge in [0.05, 0.1) is 11.9 Å². The molecule has 0 atom stereocenters. The molecule has 0 amide bonds. The zero-order valence-electron chi connectivity index (χ0n) is 27.2. The molecule has 2 aliphatic rings. The van der Waals surface area contributed by atoms with Crippen molar-refractivity contribution in [3.05, 3.63) is 65.1 Å². The third kappa shape index (κ3) is 6.72. The number of hydrogen-bond acceptors (Lipinski definition) is 6. The van der Waals surface area contributed by atoms with Crippen LogP contribution in [-0.4, -0.2) is 76.3 Å². The average molecular weight is 632 g/mol. The minimum absolute atomic E-state index is 0.207. The molecule has 2 aromatic carbocycles. The summed E-state index contributed by atoms with van der Waals surface area (Å²) >= 11 is 0. The standard InChI is InChI=1S/C36H44F3N7/c1-4-12-43(13-5-2)16-17-46-29(21-40)19-30-26(3)28(7-9-33(30)46)22-44-14-10-35(11-15-44)23-45(24-35)34-31-18-27(20-36(37,38)39)6-8-32(31)41-25-42-34/h6-9,18-19,25H,4-5,10-17,20,22-24H2,1-3H3. The number of piperidine rings is 1. The Hall–Kier alpha value is -3.68. The minimum Gasteiger partial charge on any atom is -0.355 e. The first-order valence-corrected chi connectivity index (χ1v) is 16.6. The van der Waals surface area contributed by atoms with E-state index in [9.17, 15) is 18.4 Å². The summed E-state index contributed by atoms with van der Waals surface area (Å²) in [4.78, 5) is 16.0. The molecular weight excluding hydrogens is 587 g/mol. The van der Waals surface area contributed by atoms with Crippen LogP contribution in [0.25, 0.3) is 21.8 Å². The monoisotopic (exact) mass is 631 g/mol. The molecule has 2 aromatic heterocycles. The molecule has 46 heavy (non-hydrogen) atoms. The SMILES string of the molecule is CCCN(CCC)CCn1c(C#N)cc2c(C)c(CN3CCC4(CC3)CN(c3ncnc5ccc(CC(F)(F)F)cc35)C4)ccc21. The van der Waals surface area contributed by atoms with E-state index >= 15 is 0 Å². The molecule has 7 nitrogen and oxygen atoms in total. The van der Waals surface area contributed by atoms with Crippen molar-refractivity contribution in [2.75, 3.05) is 50.7 Å². The van der Waals surface area contributed by atoms with Crippen LogP contribution in [0.2, 0.25) is 0 Å². The zero-order chi connectivity index (χ0) is 32.5. The number of nitriles is 1.